The van der Waals surface area contributed by atoms with Gasteiger partial charge in [-0.2, -0.15) is 0 Å². The summed E-state index contributed by atoms with van der Waals surface area (Å²) in [6.07, 6.45) is 2.01. The van der Waals surface area contributed by atoms with Gasteiger partial charge < -0.3 is 9.13 Å². The van der Waals surface area contributed by atoms with Crippen molar-refractivity contribution < 1.29 is 4.79 Å². The Balaban J connectivity index is 1.68. The average molecular weight is 496 g/mol. The number of carbonyl (C=O) groups excluding carboxylic acids is 1. The van der Waals surface area contributed by atoms with E-state index in [2.05, 4.69) is 69.2 Å². The van der Waals surface area contributed by atoms with Gasteiger partial charge in [-0.05, 0) is 66.9 Å². The molecule has 0 bridgehead atoms. The second-order valence-electron chi connectivity index (χ2n) is 8.70. The SMILES string of the molecule is Cc1cc2nc3n(c2cc1C)[C@@H](c1ccc(Br)cc1)[C@H](C(=O)c1ccccc1)n1cccc1-3. The van der Waals surface area contributed by atoms with Gasteiger partial charge in [-0.3, -0.25) is 4.79 Å². The maximum atomic E-state index is 14.0. The predicted molar refractivity (Wildman–Crippen MR) is 135 cm³/mol. The van der Waals surface area contributed by atoms with E-state index < -0.39 is 6.04 Å². The first-order chi connectivity index (χ1) is 16.0. The van der Waals surface area contributed by atoms with E-state index in [9.17, 15) is 4.79 Å². The van der Waals surface area contributed by atoms with E-state index in [1.165, 1.54) is 11.1 Å². The maximum Gasteiger partial charge on any atom is 0.188 e. The molecule has 5 aromatic rings. The summed E-state index contributed by atoms with van der Waals surface area (Å²) in [5, 5.41) is 0. The van der Waals surface area contributed by atoms with Gasteiger partial charge in [-0.25, -0.2) is 4.98 Å². The summed E-state index contributed by atoms with van der Waals surface area (Å²) in [5.74, 6) is 0.988. The van der Waals surface area contributed by atoms with Gasteiger partial charge in [0.25, 0.3) is 0 Å². The van der Waals surface area contributed by atoms with E-state index in [1.807, 2.05) is 54.7 Å². The molecule has 0 saturated heterocycles. The molecule has 33 heavy (non-hydrogen) atoms. The molecule has 0 N–H and O–H groups in total. The van der Waals surface area contributed by atoms with E-state index in [-0.39, 0.29) is 11.8 Å². The van der Waals surface area contributed by atoms with Crippen LogP contribution in [-0.4, -0.2) is 19.9 Å². The number of Topliss-reactive ketones (excluding diaryl/α,β-unsaturated/α-hetero) is 1. The number of fused-ring (bicyclic) bond motifs is 5. The molecule has 5 heteroatoms. The Labute approximate surface area is 200 Å². The molecule has 1 aliphatic heterocycles. The number of hydrogen-bond acceptors (Lipinski definition) is 2. The zero-order chi connectivity index (χ0) is 22.7. The average Bonchev–Trinajstić information content (AvgIpc) is 3.44. The van der Waals surface area contributed by atoms with Gasteiger partial charge >= 0.3 is 0 Å². The van der Waals surface area contributed by atoms with Crippen LogP contribution < -0.4 is 0 Å². The zero-order valence-corrected chi connectivity index (χ0v) is 20.0. The first-order valence-electron chi connectivity index (χ1n) is 11.0. The fourth-order valence-corrected chi connectivity index (χ4v) is 5.23. The lowest BCUT2D eigenvalue weighted by Crippen LogP contribution is -2.34. The summed E-state index contributed by atoms with van der Waals surface area (Å²) in [6.45, 7) is 4.24. The quantitative estimate of drug-likeness (QED) is 0.255. The summed E-state index contributed by atoms with van der Waals surface area (Å²) in [6, 6.07) is 25.6. The highest BCUT2D eigenvalue weighted by Gasteiger charge is 2.40. The molecule has 6 rings (SSSR count). The van der Waals surface area contributed by atoms with E-state index >= 15 is 0 Å². The lowest BCUT2D eigenvalue weighted by Gasteiger charge is -2.36. The topological polar surface area (TPSA) is 39.8 Å². The summed E-state index contributed by atoms with van der Waals surface area (Å²) in [5.41, 5.74) is 7.19. The summed E-state index contributed by atoms with van der Waals surface area (Å²) >= 11 is 3.56. The monoisotopic (exact) mass is 495 g/mol. The van der Waals surface area contributed by atoms with Crippen molar-refractivity contribution >= 4 is 32.7 Å². The van der Waals surface area contributed by atoms with Crippen LogP contribution in [0, 0.1) is 13.8 Å². The Kier molecular flexibility index (Phi) is 4.63. The number of ketones is 1. The standard InChI is InChI=1S/C28H22BrN3O/c1-17-15-22-24(16-18(17)2)32-25(19-10-12-21(29)13-11-19)26(27(33)20-7-4-3-5-8-20)31-14-6-9-23(31)28(32)30-22/h3-16,25-26H,1-2H3/t25-,26+/m0/s1. The van der Waals surface area contributed by atoms with Crippen LogP contribution in [0.1, 0.15) is 39.1 Å². The first-order valence-corrected chi connectivity index (χ1v) is 11.8. The van der Waals surface area contributed by atoms with Gasteiger partial charge in [0.1, 0.15) is 6.04 Å². The molecule has 1 aliphatic rings. The van der Waals surface area contributed by atoms with Crippen LogP contribution in [0.25, 0.3) is 22.6 Å². The highest BCUT2D eigenvalue weighted by Crippen LogP contribution is 2.45. The van der Waals surface area contributed by atoms with Crippen LogP contribution in [0.2, 0.25) is 0 Å². The smallest absolute Gasteiger partial charge is 0.188 e. The molecule has 0 fully saturated rings. The number of rotatable bonds is 3. The van der Waals surface area contributed by atoms with Crippen LogP contribution >= 0.6 is 15.9 Å². The predicted octanol–water partition coefficient (Wildman–Crippen LogP) is 6.91. The van der Waals surface area contributed by atoms with Crippen molar-refractivity contribution in [2.24, 2.45) is 0 Å². The van der Waals surface area contributed by atoms with Gasteiger partial charge in [-0.1, -0.05) is 58.4 Å². The number of halogens is 1. The van der Waals surface area contributed by atoms with Crippen molar-refractivity contribution in [2.75, 3.05) is 0 Å². The van der Waals surface area contributed by atoms with Crippen LogP contribution in [0.3, 0.4) is 0 Å². The molecule has 0 amide bonds. The fourth-order valence-electron chi connectivity index (χ4n) is 4.97. The molecule has 0 aliphatic carbocycles. The Morgan fingerprint density at radius 2 is 1.64 bits per heavy atom. The molecule has 3 aromatic carbocycles. The Morgan fingerprint density at radius 1 is 0.909 bits per heavy atom. The molecule has 3 heterocycles. The highest BCUT2D eigenvalue weighted by molar-refractivity contribution is 9.10. The molecule has 4 nitrogen and oxygen atoms in total. The van der Waals surface area contributed by atoms with Gasteiger partial charge in [0.05, 0.1) is 22.8 Å². The number of hydrogen-bond donors (Lipinski definition) is 0. The zero-order valence-electron chi connectivity index (χ0n) is 18.4. The largest absolute Gasteiger partial charge is 0.332 e. The van der Waals surface area contributed by atoms with E-state index in [1.54, 1.807) is 0 Å². The van der Waals surface area contributed by atoms with Crippen molar-refractivity contribution in [1.82, 2.24) is 14.1 Å². The molecule has 0 unspecified atom stereocenters. The normalized spacial score (nSPS) is 17.1. The molecule has 2 aromatic heterocycles. The minimum Gasteiger partial charge on any atom is -0.332 e. The van der Waals surface area contributed by atoms with Gasteiger partial charge in [-0.15, -0.1) is 0 Å². The van der Waals surface area contributed by atoms with E-state index in [4.69, 9.17) is 4.98 Å². The molecule has 2 atom stereocenters. The molecule has 0 radical (unpaired) electrons. The third kappa shape index (κ3) is 3.10. The summed E-state index contributed by atoms with van der Waals surface area (Å²) in [4.78, 5) is 19.1. The van der Waals surface area contributed by atoms with Crippen LogP contribution in [0.5, 0.6) is 0 Å². The first kappa shape index (κ1) is 20.2. The van der Waals surface area contributed by atoms with Crippen LogP contribution in [0.4, 0.5) is 0 Å². The number of imidazole rings is 1. The molecule has 162 valence electrons. The lowest BCUT2D eigenvalue weighted by molar-refractivity contribution is 0.0895. The van der Waals surface area contributed by atoms with Crippen molar-refractivity contribution in [3.8, 4) is 11.5 Å². The van der Waals surface area contributed by atoms with Crippen molar-refractivity contribution in [1.29, 1.82) is 0 Å². The summed E-state index contributed by atoms with van der Waals surface area (Å²) in [7, 11) is 0. The number of nitrogens with zero attached hydrogens (tertiary/aromatic N) is 3. The van der Waals surface area contributed by atoms with Gasteiger partial charge in [0, 0.05) is 16.2 Å². The minimum atomic E-state index is -0.426. The number of aryl methyl sites for hydroxylation is 2. The minimum absolute atomic E-state index is 0.0947. The van der Waals surface area contributed by atoms with Crippen molar-refractivity contribution in [2.45, 2.75) is 25.9 Å². The second kappa shape index (κ2) is 7.56. The van der Waals surface area contributed by atoms with E-state index in [0.29, 0.717) is 5.56 Å². The molecule has 0 spiro atoms. The molecular formula is C28H22BrN3O. The molecule has 0 saturated carbocycles. The maximum absolute atomic E-state index is 14.0. The third-order valence-electron chi connectivity index (χ3n) is 6.73. The van der Waals surface area contributed by atoms with Gasteiger partial charge in [0.15, 0.2) is 11.6 Å². The van der Waals surface area contributed by atoms with Crippen LogP contribution in [0.15, 0.2) is 89.5 Å². The van der Waals surface area contributed by atoms with E-state index in [0.717, 1.165) is 32.6 Å². The number of aromatic nitrogens is 3. The Hall–Kier alpha value is -3.44. The number of carbonyl (C=O) groups is 1. The Bertz CT molecular complexity index is 1510. The third-order valence-corrected chi connectivity index (χ3v) is 7.26. The lowest BCUT2D eigenvalue weighted by atomic mass is 9.90. The molecular weight excluding hydrogens is 474 g/mol. The number of benzene rings is 3. The second-order valence-corrected chi connectivity index (χ2v) is 9.62. The fraction of sp³-hybridized carbons (Fsp3) is 0.143. The van der Waals surface area contributed by atoms with Gasteiger partial charge in [0.2, 0.25) is 0 Å². The summed E-state index contributed by atoms with van der Waals surface area (Å²) < 4.78 is 5.38. The van der Waals surface area contributed by atoms with Crippen LogP contribution in [-0.2, 0) is 0 Å². The Morgan fingerprint density at radius 3 is 2.39 bits per heavy atom. The highest BCUT2D eigenvalue weighted by atomic mass is 79.9. The van der Waals surface area contributed by atoms with Crippen molar-refractivity contribution in [3.63, 3.8) is 0 Å². The van der Waals surface area contributed by atoms with Crippen molar-refractivity contribution in [3.05, 3.63) is 112 Å².